The van der Waals surface area contributed by atoms with Crippen LogP contribution >= 0.6 is 0 Å². The SMILES string of the molecule is CCOC(=O)c1c(-c2ccccc2)nc(=O)n(Cc2ccc(/C(O)=C/C(=O)C(=O)O)cc2)c1-c1ccccc1. The molecule has 4 rings (SSSR count). The number of aliphatic carboxylic acids is 1. The molecule has 0 amide bonds. The average molecular weight is 525 g/mol. The van der Waals surface area contributed by atoms with Crippen LogP contribution in [0.5, 0.6) is 0 Å². The summed E-state index contributed by atoms with van der Waals surface area (Å²) >= 11 is 0. The first-order valence-electron chi connectivity index (χ1n) is 12.0. The number of aliphatic hydroxyl groups is 1. The van der Waals surface area contributed by atoms with Crippen LogP contribution in [0.4, 0.5) is 0 Å². The number of carbonyl (C=O) groups excluding carboxylic acids is 2. The van der Waals surface area contributed by atoms with Gasteiger partial charge in [0.05, 0.1) is 24.5 Å². The average Bonchev–Trinajstić information content (AvgIpc) is 2.95. The first-order chi connectivity index (χ1) is 18.8. The number of aromatic nitrogens is 2. The number of nitrogens with zero attached hydrogens (tertiary/aromatic N) is 2. The van der Waals surface area contributed by atoms with Crippen LogP contribution in [0, 0.1) is 0 Å². The van der Waals surface area contributed by atoms with Gasteiger partial charge in [-0.2, -0.15) is 4.98 Å². The maximum Gasteiger partial charge on any atom is 0.376 e. The summed E-state index contributed by atoms with van der Waals surface area (Å²) < 4.78 is 6.77. The summed E-state index contributed by atoms with van der Waals surface area (Å²) in [4.78, 5) is 53.2. The lowest BCUT2D eigenvalue weighted by molar-refractivity contribution is -0.146. The zero-order valence-electron chi connectivity index (χ0n) is 20.9. The first kappa shape index (κ1) is 26.7. The van der Waals surface area contributed by atoms with Crippen molar-refractivity contribution in [3.63, 3.8) is 0 Å². The van der Waals surface area contributed by atoms with Gasteiger partial charge in [0.15, 0.2) is 0 Å². The molecule has 9 heteroatoms. The van der Waals surface area contributed by atoms with E-state index in [4.69, 9.17) is 9.84 Å². The minimum absolute atomic E-state index is 0.0242. The van der Waals surface area contributed by atoms with E-state index in [0.717, 1.165) is 0 Å². The zero-order chi connectivity index (χ0) is 27.9. The van der Waals surface area contributed by atoms with Gasteiger partial charge in [0.1, 0.15) is 11.3 Å². The number of carboxylic acid groups (broad SMARTS) is 1. The number of benzene rings is 3. The van der Waals surface area contributed by atoms with Crippen LogP contribution < -0.4 is 5.69 Å². The Hall–Kier alpha value is -5.31. The molecule has 0 spiro atoms. The van der Waals surface area contributed by atoms with Gasteiger partial charge in [0.25, 0.3) is 5.78 Å². The second-order valence-electron chi connectivity index (χ2n) is 8.40. The lowest BCUT2D eigenvalue weighted by Gasteiger charge is -2.19. The number of ether oxygens (including phenoxy) is 1. The van der Waals surface area contributed by atoms with Crippen molar-refractivity contribution in [3.8, 4) is 22.5 Å². The van der Waals surface area contributed by atoms with E-state index in [1.54, 1.807) is 67.6 Å². The number of hydrogen-bond acceptors (Lipinski definition) is 7. The highest BCUT2D eigenvalue weighted by Crippen LogP contribution is 2.31. The standard InChI is InChI=1S/C30H24N2O7/c1-2-39-29(37)25-26(21-9-5-3-6-10-21)31-30(38)32(27(25)22-11-7-4-8-12-22)18-19-13-15-20(16-14-19)23(33)17-24(34)28(35)36/h3-17,33H,2,18H2,1H3,(H,35,36)/b23-17-. The Bertz CT molecular complexity index is 1610. The highest BCUT2D eigenvalue weighted by Gasteiger charge is 2.26. The largest absolute Gasteiger partial charge is 0.507 e. The quantitative estimate of drug-likeness (QED) is 0.143. The third kappa shape index (κ3) is 5.99. The van der Waals surface area contributed by atoms with Crippen molar-refractivity contribution in [2.45, 2.75) is 13.5 Å². The van der Waals surface area contributed by atoms with E-state index in [1.165, 1.54) is 16.7 Å². The molecule has 0 aliphatic heterocycles. The van der Waals surface area contributed by atoms with Crippen molar-refractivity contribution in [1.29, 1.82) is 0 Å². The van der Waals surface area contributed by atoms with Crippen molar-refractivity contribution in [3.05, 3.63) is 118 Å². The monoisotopic (exact) mass is 524 g/mol. The molecule has 0 aliphatic carbocycles. The normalized spacial score (nSPS) is 11.2. The Morgan fingerprint density at radius 1 is 0.872 bits per heavy atom. The zero-order valence-corrected chi connectivity index (χ0v) is 20.9. The van der Waals surface area contributed by atoms with Gasteiger partial charge >= 0.3 is 17.6 Å². The minimum atomic E-state index is -1.69. The van der Waals surface area contributed by atoms with E-state index in [1.807, 2.05) is 12.1 Å². The van der Waals surface area contributed by atoms with E-state index >= 15 is 0 Å². The Balaban J connectivity index is 1.87. The van der Waals surface area contributed by atoms with E-state index in [9.17, 15) is 24.3 Å². The van der Waals surface area contributed by atoms with Gasteiger partial charge in [0, 0.05) is 17.2 Å². The summed E-state index contributed by atoms with van der Waals surface area (Å²) in [5.41, 5.74) is 2.16. The number of esters is 1. The molecule has 39 heavy (non-hydrogen) atoms. The molecular formula is C30H24N2O7. The molecule has 0 fully saturated rings. The Kier molecular flexibility index (Phi) is 8.11. The molecule has 196 valence electrons. The number of rotatable bonds is 9. The van der Waals surface area contributed by atoms with Crippen LogP contribution in [0.1, 0.15) is 28.4 Å². The molecule has 0 saturated carbocycles. The van der Waals surface area contributed by atoms with Crippen LogP contribution in [0.25, 0.3) is 28.3 Å². The molecule has 1 heterocycles. The molecule has 0 radical (unpaired) electrons. The number of carbonyl (C=O) groups is 3. The summed E-state index contributed by atoms with van der Waals surface area (Å²) in [6.07, 6.45) is 0.618. The van der Waals surface area contributed by atoms with E-state index in [2.05, 4.69) is 4.98 Å². The molecular weight excluding hydrogens is 500 g/mol. The highest BCUT2D eigenvalue weighted by atomic mass is 16.5. The smallest absolute Gasteiger partial charge is 0.376 e. The Labute approximate surface area is 223 Å². The fourth-order valence-electron chi connectivity index (χ4n) is 4.03. The van der Waals surface area contributed by atoms with Gasteiger partial charge in [-0.05, 0) is 18.1 Å². The first-order valence-corrected chi connectivity index (χ1v) is 12.0. The van der Waals surface area contributed by atoms with Crippen molar-refractivity contribution in [1.82, 2.24) is 9.55 Å². The van der Waals surface area contributed by atoms with Gasteiger partial charge < -0.3 is 14.9 Å². The topological polar surface area (TPSA) is 136 Å². The highest BCUT2D eigenvalue weighted by molar-refractivity contribution is 6.38. The maximum absolute atomic E-state index is 13.5. The maximum atomic E-state index is 13.5. The number of ketones is 1. The van der Waals surface area contributed by atoms with Crippen LogP contribution in [0.3, 0.4) is 0 Å². The predicted octanol–water partition coefficient (Wildman–Crippen LogP) is 4.35. The lowest BCUT2D eigenvalue weighted by Crippen LogP contribution is -2.29. The number of carboxylic acids is 1. The molecule has 9 nitrogen and oxygen atoms in total. The molecule has 0 unspecified atom stereocenters. The molecule has 0 atom stereocenters. The van der Waals surface area contributed by atoms with Crippen LogP contribution in [0.15, 0.2) is 95.8 Å². The second-order valence-corrected chi connectivity index (χ2v) is 8.40. The van der Waals surface area contributed by atoms with Crippen LogP contribution in [0.2, 0.25) is 0 Å². The molecule has 1 aromatic heterocycles. The van der Waals surface area contributed by atoms with Gasteiger partial charge in [0.2, 0.25) is 0 Å². The van der Waals surface area contributed by atoms with Gasteiger partial charge in [-0.25, -0.2) is 14.4 Å². The van der Waals surface area contributed by atoms with E-state index in [0.29, 0.717) is 28.5 Å². The fourth-order valence-corrected chi connectivity index (χ4v) is 4.03. The molecule has 3 aromatic carbocycles. The predicted molar refractivity (Wildman–Crippen MR) is 144 cm³/mol. The number of hydrogen-bond donors (Lipinski definition) is 2. The summed E-state index contributed by atoms with van der Waals surface area (Å²) in [6, 6.07) is 24.1. The lowest BCUT2D eigenvalue weighted by atomic mass is 9.99. The molecule has 4 aromatic rings. The van der Waals surface area contributed by atoms with Crippen molar-refractivity contribution in [2.24, 2.45) is 0 Å². The van der Waals surface area contributed by atoms with Gasteiger partial charge in [-0.15, -0.1) is 0 Å². The van der Waals surface area contributed by atoms with Gasteiger partial charge in [-0.3, -0.25) is 9.36 Å². The third-order valence-electron chi connectivity index (χ3n) is 5.82. The molecule has 0 saturated heterocycles. The van der Waals surface area contributed by atoms with Crippen molar-refractivity contribution >= 4 is 23.5 Å². The fraction of sp³-hybridized carbons (Fsp3) is 0.100. The Morgan fingerprint density at radius 3 is 2.03 bits per heavy atom. The summed E-state index contributed by atoms with van der Waals surface area (Å²) in [6.45, 7) is 1.85. The summed E-state index contributed by atoms with van der Waals surface area (Å²) in [7, 11) is 0. The molecule has 2 N–H and O–H groups in total. The summed E-state index contributed by atoms with van der Waals surface area (Å²) in [5.74, 6) is -4.07. The molecule has 0 aliphatic rings. The second kappa shape index (κ2) is 11.8. The number of aliphatic hydroxyl groups excluding tert-OH is 1. The summed E-state index contributed by atoms with van der Waals surface area (Å²) in [5, 5.41) is 18.8. The Morgan fingerprint density at radius 2 is 1.46 bits per heavy atom. The van der Waals surface area contributed by atoms with Crippen LogP contribution in [-0.4, -0.2) is 44.1 Å². The van der Waals surface area contributed by atoms with E-state index in [-0.39, 0.29) is 30.0 Å². The van der Waals surface area contributed by atoms with Crippen LogP contribution in [-0.2, 0) is 20.9 Å². The minimum Gasteiger partial charge on any atom is -0.507 e. The van der Waals surface area contributed by atoms with Crippen molar-refractivity contribution in [2.75, 3.05) is 6.61 Å². The van der Waals surface area contributed by atoms with Gasteiger partial charge in [-0.1, -0.05) is 84.9 Å². The van der Waals surface area contributed by atoms with E-state index < -0.39 is 29.2 Å². The molecule has 0 bridgehead atoms. The third-order valence-corrected chi connectivity index (χ3v) is 5.82. The van der Waals surface area contributed by atoms with Crippen molar-refractivity contribution < 1.29 is 29.3 Å².